The van der Waals surface area contributed by atoms with Crippen molar-refractivity contribution in [3.63, 3.8) is 0 Å². The number of para-hydroxylation sites is 1. The highest BCUT2D eigenvalue weighted by Crippen LogP contribution is 2.36. The average molecular weight is 350 g/mol. The summed E-state index contributed by atoms with van der Waals surface area (Å²) in [5.41, 5.74) is 12.5. The maximum absolute atomic E-state index is 13.1. The molecule has 3 rings (SSSR count). The van der Waals surface area contributed by atoms with Crippen molar-refractivity contribution in [3.8, 4) is 22.6 Å². The molecule has 0 saturated heterocycles. The third-order valence-corrected chi connectivity index (χ3v) is 3.77. The van der Waals surface area contributed by atoms with Crippen LogP contribution in [0.1, 0.15) is 20.7 Å². The van der Waals surface area contributed by atoms with E-state index in [1.165, 1.54) is 30.3 Å². The second kappa shape index (κ2) is 7.06. The van der Waals surface area contributed by atoms with Gasteiger partial charge in [0, 0.05) is 11.1 Å². The number of halogens is 1. The lowest BCUT2D eigenvalue weighted by Gasteiger charge is -2.15. The first-order chi connectivity index (χ1) is 12.5. The fourth-order valence-corrected chi connectivity index (χ4v) is 2.53. The molecule has 0 radical (unpaired) electrons. The minimum absolute atomic E-state index is 0.163. The van der Waals surface area contributed by atoms with Gasteiger partial charge in [-0.15, -0.1) is 0 Å². The number of ether oxygens (including phenoxy) is 1. The Bertz CT molecular complexity index is 985. The smallest absolute Gasteiger partial charge is 0.252 e. The van der Waals surface area contributed by atoms with Crippen LogP contribution in [-0.4, -0.2) is 11.8 Å². The molecular formula is C20H15FN2O3. The quantitative estimate of drug-likeness (QED) is 0.737. The number of carbonyl (C=O) groups is 2. The zero-order valence-electron chi connectivity index (χ0n) is 13.6. The van der Waals surface area contributed by atoms with Crippen LogP contribution in [0.2, 0.25) is 0 Å². The number of carbonyl (C=O) groups excluding carboxylic acids is 2. The molecule has 0 saturated carbocycles. The van der Waals surface area contributed by atoms with Crippen molar-refractivity contribution in [1.29, 1.82) is 0 Å². The van der Waals surface area contributed by atoms with E-state index in [2.05, 4.69) is 0 Å². The highest BCUT2D eigenvalue weighted by molar-refractivity contribution is 5.99. The van der Waals surface area contributed by atoms with E-state index in [4.69, 9.17) is 16.2 Å². The molecule has 0 unspecified atom stereocenters. The van der Waals surface area contributed by atoms with Gasteiger partial charge < -0.3 is 16.2 Å². The maximum atomic E-state index is 13.1. The van der Waals surface area contributed by atoms with Crippen LogP contribution in [0.5, 0.6) is 11.5 Å². The van der Waals surface area contributed by atoms with Crippen molar-refractivity contribution in [2.75, 3.05) is 0 Å². The molecule has 0 aliphatic heterocycles. The van der Waals surface area contributed by atoms with E-state index < -0.39 is 17.6 Å². The molecule has 0 atom stereocenters. The zero-order valence-corrected chi connectivity index (χ0v) is 13.6. The average Bonchev–Trinajstić information content (AvgIpc) is 2.63. The van der Waals surface area contributed by atoms with Gasteiger partial charge in [0.05, 0.1) is 5.56 Å². The number of primary amides is 2. The highest BCUT2D eigenvalue weighted by atomic mass is 19.1. The lowest BCUT2D eigenvalue weighted by atomic mass is 9.99. The van der Waals surface area contributed by atoms with E-state index in [9.17, 15) is 14.0 Å². The largest absolute Gasteiger partial charge is 0.456 e. The van der Waals surface area contributed by atoms with Crippen molar-refractivity contribution < 1.29 is 18.7 Å². The predicted molar refractivity (Wildman–Crippen MR) is 95.4 cm³/mol. The fraction of sp³-hybridized carbons (Fsp3) is 0. The molecule has 6 heteroatoms. The Morgan fingerprint density at radius 2 is 1.54 bits per heavy atom. The predicted octanol–water partition coefficient (Wildman–Crippen LogP) is 3.48. The Balaban J connectivity index is 2.14. The summed E-state index contributed by atoms with van der Waals surface area (Å²) in [5.74, 6) is -1.09. The Morgan fingerprint density at radius 1 is 0.846 bits per heavy atom. The van der Waals surface area contributed by atoms with Crippen LogP contribution in [0.25, 0.3) is 11.1 Å². The molecule has 26 heavy (non-hydrogen) atoms. The van der Waals surface area contributed by atoms with E-state index in [-0.39, 0.29) is 11.3 Å². The number of nitrogens with two attached hydrogens (primary N) is 2. The molecule has 130 valence electrons. The minimum Gasteiger partial charge on any atom is -0.456 e. The van der Waals surface area contributed by atoms with Gasteiger partial charge in [0.15, 0.2) is 0 Å². The molecule has 0 aliphatic rings. The van der Waals surface area contributed by atoms with E-state index in [0.29, 0.717) is 22.4 Å². The number of hydrogen-bond acceptors (Lipinski definition) is 3. The molecule has 0 bridgehead atoms. The molecule has 0 spiro atoms. The first-order valence-electron chi connectivity index (χ1n) is 7.72. The third kappa shape index (κ3) is 3.54. The first-order valence-corrected chi connectivity index (χ1v) is 7.72. The van der Waals surface area contributed by atoms with Gasteiger partial charge in [-0.25, -0.2) is 4.39 Å². The topological polar surface area (TPSA) is 95.4 Å². The molecule has 0 aromatic heterocycles. The second-order valence-electron chi connectivity index (χ2n) is 5.55. The van der Waals surface area contributed by atoms with E-state index in [0.717, 1.165) is 0 Å². The summed E-state index contributed by atoms with van der Waals surface area (Å²) < 4.78 is 19.0. The number of rotatable bonds is 5. The highest BCUT2D eigenvalue weighted by Gasteiger charge is 2.17. The number of hydrogen-bond donors (Lipinski definition) is 2. The summed E-state index contributed by atoms with van der Waals surface area (Å²) in [6.07, 6.45) is 0. The first kappa shape index (κ1) is 17.2. The summed E-state index contributed by atoms with van der Waals surface area (Å²) in [5, 5.41) is 0. The lowest BCUT2D eigenvalue weighted by Crippen LogP contribution is -2.13. The van der Waals surface area contributed by atoms with E-state index >= 15 is 0 Å². The van der Waals surface area contributed by atoms with Gasteiger partial charge in [-0.05, 0) is 48.0 Å². The van der Waals surface area contributed by atoms with Gasteiger partial charge in [0.25, 0.3) is 5.91 Å². The van der Waals surface area contributed by atoms with E-state index in [1.54, 1.807) is 36.4 Å². The molecule has 2 amide bonds. The van der Waals surface area contributed by atoms with Crippen LogP contribution in [0.15, 0.2) is 66.7 Å². The molecule has 0 aliphatic carbocycles. The van der Waals surface area contributed by atoms with Crippen molar-refractivity contribution >= 4 is 11.8 Å². The molecule has 0 fully saturated rings. The van der Waals surface area contributed by atoms with Crippen LogP contribution in [0.3, 0.4) is 0 Å². The van der Waals surface area contributed by atoms with Crippen molar-refractivity contribution in [3.05, 3.63) is 83.7 Å². The molecular weight excluding hydrogens is 335 g/mol. The van der Waals surface area contributed by atoms with Crippen molar-refractivity contribution in [1.82, 2.24) is 0 Å². The number of amides is 2. The summed E-state index contributed by atoms with van der Waals surface area (Å²) in [7, 11) is 0. The van der Waals surface area contributed by atoms with Crippen LogP contribution in [0, 0.1) is 5.82 Å². The SMILES string of the molecule is NC(=O)c1cccc(-c2cccc(C(N)=O)c2Oc2ccc(F)cc2)c1. The van der Waals surface area contributed by atoms with Crippen molar-refractivity contribution in [2.45, 2.75) is 0 Å². The van der Waals surface area contributed by atoms with E-state index in [1.807, 2.05) is 0 Å². The van der Waals surface area contributed by atoms with Crippen LogP contribution in [-0.2, 0) is 0 Å². The Labute approximate surface area is 149 Å². The summed E-state index contributed by atoms with van der Waals surface area (Å²) >= 11 is 0. The summed E-state index contributed by atoms with van der Waals surface area (Å²) in [6, 6.07) is 16.9. The van der Waals surface area contributed by atoms with Gasteiger partial charge in [-0.1, -0.05) is 24.3 Å². The van der Waals surface area contributed by atoms with Crippen LogP contribution >= 0.6 is 0 Å². The Kier molecular flexibility index (Phi) is 4.66. The monoisotopic (exact) mass is 350 g/mol. The standard InChI is InChI=1S/C20H15FN2O3/c21-14-7-9-15(10-8-14)26-18-16(5-2-6-17(18)20(23)25)12-3-1-4-13(11-12)19(22)24/h1-11H,(H2,22,24)(H2,23,25). The summed E-state index contributed by atoms with van der Waals surface area (Å²) in [4.78, 5) is 23.3. The van der Waals surface area contributed by atoms with Crippen LogP contribution in [0.4, 0.5) is 4.39 Å². The number of benzene rings is 3. The van der Waals surface area contributed by atoms with Crippen molar-refractivity contribution in [2.24, 2.45) is 11.5 Å². The van der Waals surface area contributed by atoms with Gasteiger partial charge in [-0.2, -0.15) is 0 Å². The summed E-state index contributed by atoms with van der Waals surface area (Å²) in [6.45, 7) is 0. The Morgan fingerprint density at radius 3 is 2.19 bits per heavy atom. The molecule has 3 aromatic rings. The normalized spacial score (nSPS) is 10.3. The molecule has 4 N–H and O–H groups in total. The van der Waals surface area contributed by atoms with Gasteiger partial charge in [-0.3, -0.25) is 9.59 Å². The second-order valence-corrected chi connectivity index (χ2v) is 5.55. The van der Waals surface area contributed by atoms with Gasteiger partial charge >= 0.3 is 0 Å². The third-order valence-electron chi connectivity index (χ3n) is 3.77. The molecule has 5 nitrogen and oxygen atoms in total. The Hall–Kier alpha value is -3.67. The molecule has 0 heterocycles. The zero-order chi connectivity index (χ0) is 18.7. The van der Waals surface area contributed by atoms with Gasteiger partial charge in [0.2, 0.25) is 5.91 Å². The fourth-order valence-electron chi connectivity index (χ4n) is 2.53. The van der Waals surface area contributed by atoms with Gasteiger partial charge in [0.1, 0.15) is 17.3 Å². The minimum atomic E-state index is -0.671. The maximum Gasteiger partial charge on any atom is 0.252 e. The molecule has 3 aromatic carbocycles. The lowest BCUT2D eigenvalue weighted by molar-refractivity contribution is 0.0990. The van der Waals surface area contributed by atoms with Crippen LogP contribution < -0.4 is 16.2 Å².